The first-order chi connectivity index (χ1) is 13.4. The highest BCUT2D eigenvalue weighted by Crippen LogP contribution is 2.20. The van der Waals surface area contributed by atoms with Gasteiger partial charge in [-0.1, -0.05) is 36.4 Å². The summed E-state index contributed by atoms with van der Waals surface area (Å²) in [6, 6.07) is 18.8. The summed E-state index contributed by atoms with van der Waals surface area (Å²) in [4.78, 5) is 12.4. The molecule has 0 saturated heterocycles. The van der Waals surface area contributed by atoms with Gasteiger partial charge in [0.15, 0.2) is 0 Å². The van der Waals surface area contributed by atoms with Gasteiger partial charge in [-0.15, -0.1) is 0 Å². The topological polar surface area (TPSA) is 75.3 Å². The molecule has 144 valence electrons. The molecule has 0 aromatic heterocycles. The van der Waals surface area contributed by atoms with Crippen molar-refractivity contribution in [3.05, 3.63) is 94.2 Å². The highest BCUT2D eigenvalue weighted by Gasteiger charge is 2.16. The second kappa shape index (κ2) is 8.53. The van der Waals surface area contributed by atoms with Crippen LogP contribution in [0.25, 0.3) is 0 Å². The Labute approximate surface area is 170 Å². The Hall–Kier alpha value is -2.71. The number of halogens is 2. The Kier molecular flexibility index (Phi) is 6.11. The maximum atomic E-state index is 13.6. The van der Waals surface area contributed by atoms with Crippen molar-refractivity contribution in [3.63, 3.8) is 0 Å². The Morgan fingerprint density at radius 2 is 1.64 bits per heavy atom. The van der Waals surface area contributed by atoms with Gasteiger partial charge in [-0.25, -0.2) is 12.8 Å². The van der Waals surface area contributed by atoms with Gasteiger partial charge < -0.3 is 5.32 Å². The van der Waals surface area contributed by atoms with E-state index in [4.69, 9.17) is 0 Å². The molecule has 0 radical (unpaired) electrons. The minimum atomic E-state index is -3.75. The third kappa shape index (κ3) is 4.76. The molecule has 5 nitrogen and oxygen atoms in total. The zero-order valence-corrected chi connectivity index (χ0v) is 16.9. The van der Waals surface area contributed by atoms with E-state index in [1.165, 1.54) is 24.3 Å². The molecule has 2 N–H and O–H groups in total. The molecule has 3 rings (SSSR count). The van der Waals surface area contributed by atoms with Crippen molar-refractivity contribution < 1.29 is 17.6 Å². The van der Waals surface area contributed by atoms with E-state index in [2.05, 4.69) is 26.0 Å². The molecular weight excluding hydrogens is 447 g/mol. The number of carbonyl (C=O) groups is 1. The second-order valence-electron chi connectivity index (χ2n) is 5.89. The summed E-state index contributed by atoms with van der Waals surface area (Å²) < 4.78 is 41.5. The first-order valence-electron chi connectivity index (χ1n) is 8.26. The molecule has 0 aliphatic rings. The molecular formula is C20H16BrFN2O3S. The minimum absolute atomic E-state index is 0.0734. The van der Waals surface area contributed by atoms with Crippen molar-refractivity contribution in [1.29, 1.82) is 0 Å². The molecule has 0 aliphatic carbocycles. The monoisotopic (exact) mass is 462 g/mol. The minimum Gasteiger partial charge on any atom is -0.348 e. The van der Waals surface area contributed by atoms with Crippen LogP contribution in [0.3, 0.4) is 0 Å². The fourth-order valence-corrected chi connectivity index (χ4v) is 3.86. The molecule has 0 saturated carbocycles. The van der Waals surface area contributed by atoms with Gasteiger partial charge in [0, 0.05) is 12.1 Å². The van der Waals surface area contributed by atoms with E-state index in [1.54, 1.807) is 42.5 Å². The van der Waals surface area contributed by atoms with Crippen LogP contribution in [0.1, 0.15) is 15.9 Å². The number of anilines is 1. The predicted molar refractivity (Wildman–Crippen MR) is 109 cm³/mol. The van der Waals surface area contributed by atoms with Gasteiger partial charge in [0.25, 0.3) is 15.9 Å². The summed E-state index contributed by atoms with van der Waals surface area (Å²) in [5, 5.41) is 2.67. The highest BCUT2D eigenvalue weighted by atomic mass is 79.9. The van der Waals surface area contributed by atoms with Crippen LogP contribution < -0.4 is 10.0 Å². The van der Waals surface area contributed by atoms with E-state index in [1.807, 2.05) is 0 Å². The Morgan fingerprint density at radius 3 is 2.36 bits per heavy atom. The van der Waals surface area contributed by atoms with Crippen LogP contribution >= 0.6 is 15.9 Å². The Bertz CT molecular complexity index is 1110. The molecule has 3 aromatic carbocycles. The lowest BCUT2D eigenvalue weighted by Gasteiger charge is -2.13. The summed E-state index contributed by atoms with van der Waals surface area (Å²) in [6.45, 7) is 0.0734. The average molecular weight is 463 g/mol. The smallest absolute Gasteiger partial charge is 0.261 e. The fourth-order valence-electron chi connectivity index (χ4n) is 2.49. The third-order valence-corrected chi connectivity index (χ3v) is 5.96. The van der Waals surface area contributed by atoms with Gasteiger partial charge in [-0.05, 0) is 57.9 Å². The van der Waals surface area contributed by atoms with E-state index in [9.17, 15) is 17.6 Å². The van der Waals surface area contributed by atoms with Gasteiger partial charge >= 0.3 is 0 Å². The molecule has 1 amide bonds. The first-order valence-corrected chi connectivity index (χ1v) is 10.5. The summed E-state index contributed by atoms with van der Waals surface area (Å²) in [6.07, 6.45) is 0. The van der Waals surface area contributed by atoms with E-state index >= 15 is 0 Å². The van der Waals surface area contributed by atoms with Crippen LogP contribution in [0.15, 0.2) is 82.2 Å². The van der Waals surface area contributed by atoms with Crippen LogP contribution in [0.4, 0.5) is 10.1 Å². The van der Waals surface area contributed by atoms with Crippen molar-refractivity contribution in [2.24, 2.45) is 0 Å². The van der Waals surface area contributed by atoms with Crippen molar-refractivity contribution in [3.8, 4) is 0 Å². The van der Waals surface area contributed by atoms with E-state index in [-0.39, 0.29) is 21.5 Å². The van der Waals surface area contributed by atoms with Crippen molar-refractivity contribution in [2.75, 3.05) is 4.72 Å². The van der Waals surface area contributed by atoms with Crippen molar-refractivity contribution in [1.82, 2.24) is 5.32 Å². The lowest BCUT2D eigenvalue weighted by molar-refractivity contribution is 0.0950. The number of amides is 1. The lowest BCUT2D eigenvalue weighted by atomic mass is 10.1. The van der Waals surface area contributed by atoms with E-state index in [0.717, 1.165) is 6.07 Å². The van der Waals surface area contributed by atoms with Crippen LogP contribution in [-0.2, 0) is 16.6 Å². The van der Waals surface area contributed by atoms with Crippen LogP contribution in [0.2, 0.25) is 0 Å². The van der Waals surface area contributed by atoms with Gasteiger partial charge in [0.05, 0.1) is 15.1 Å². The van der Waals surface area contributed by atoms with Crippen molar-refractivity contribution >= 4 is 37.5 Å². The molecule has 0 spiro atoms. The fraction of sp³-hybridized carbons (Fsp3) is 0.0500. The van der Waals surface area contributed by atoms with E-state index < -0.39 is 21.7 Å². The molecule has 0 atom stereocenters. The standard InChI is InChI=1S/C20H16BrFN2O3S/c21-17-11-10-14(12-18(17)22)20(25)23-13-15-6-4-5-9-19(15)24-28(26,27)16-7-2-1-3-8-16/h1-12,24H,13H2,(H,23,25). The van der Waals surface area contributed by atoms with Crippen LogP contribution in [0, 0.1) is 5.82 Å². The van der Waals surface area contributed by atoms with Gasteiger partial charge in [-0.2, -0.15) is 0 Å². The molecule has 8 heteroatoms. The maximum Gasteiger partial charge on any atom is 0.261 e. The number of hydrogen-bond acceptors (Lipinski definition) is 3. The Morgan fingerprint density at radius 1 is 0.964 bits per heavy atom. The average Bonchev–Trinajstić information content (AvgIpc) is 2.69. The van der Waals surface area contributed by atoms with Crippen LogP contribution in [-0.4, -0.2) is 14.3 Å². The zero-order chi connectivity index (χ0) is 20.1. The highest BCUT2D eigenvalue weighted by molar-refractivity contribution is 9.10. The number of benzene rings is 3. The largest absolute Gasteiger partial charge is 0.348 e. The number of rotatable bonds is 6. The Balaban J connectivity index is 1.75. The van der Waals surface area contributed by atoms with Gasteiger partial charge in [-0.3, -0.25) is 9.52 Å². The number of nitrogens with one attached hydrogen (secondary N) is 2. The molecule has 0 unspecified atom stereocenters. The van der Waals surface area contributed by atoms with Crippen molar-refractivity contribution in [2.45, 2.75) is 11.4 Å². The maximum absolute atomic E-state index is 13.6. The zero-order valence-electron chi connectivity index (χ0n) is 14.5. The number of carbonyl (C=O) groups excluding carboxylic acids is 1. The van der Waals surface area contributed by atoms with E-state index in [0.29, 0.717) is 11.3 Å². The number of sulfonamides is 1. The number of hydrogen-bond donors (Lipinski definition) is 2. The first kappa shape index (κ1) is 20.0. The summed E-state index contributed by atoms with van der Waals surface area (Å²) in [5.41, 5.74) is 1.10. The molecule has 28 heavy (non-hydrogen) atoms. The molecule has 3 aromatic rings. The summed E-state index contributed by atoms with van der Waals surface area (Å²) in [5.74, 6) is -1.00. The third-order valence-electron chi connectivity index (χ3n) is 3.94. The van der Waals surface area contributed by atoms with Gasteiger partial charge in [0.2, 0.25) is 0 Å². The summed E-state index contributed by atoms with van der Waals surface area (Å²) >= 11 is 3.04. The molecule has 0 fully saturated rings. The molecule has 0 bridgehead atoms. The quantitative estimate of drug-likeness (QED) is 0.572. The molecule has 0 aliphatic heterocycles. The van der Waals surface area contributed by atoms with Crippen LogP contribution in [0.5, 0.6) is 0 Å². The SMILES string of the molecule is O=C(NCc1ccccc1NS(=O)(=O)c1ccccc1)c1ccc(Br)c(F)c1. The van der Waals surface area contributed by atoms with Gasteiger partial charge in [0.1, 0.15) is 5.82 Å². The predicted octanol–water partition coefficient (Wildman–Crippen LogP) is 4.32. The molecule has 0 heterocycles. The normalized spacial score (nSPS) is 11.1. The second-order valence-corrected chi connectivity index (χ2v) is 8.42. The number of para-hydroxylation sites is 1. The lowest BCUT2D eigenvalue weighted by Crippen LogP contribution is -2.24. The summed E-state index contributed by atoms with van der Waals surface area (Å²) in [7, 11) is -3.75.